The average Bonchev–Trinajstić information content (AvgIpc) is 2.25. The van der Waals surface area contributed by atoms with Gasteiger partial charge < -0.3 is 9.47 Å². The Morgan fingerprint density at radius 3 is 1.94 bits per heavy atom. The highest BCUT2D eigenvalue weighted by Crippen LogP contribution is 2.24. The minimum atomic E-state index is -0.476. The van der Waals surface area contributed by atoms with Crippen LogP contribution in [0.5, 0.6) is 0 Å². The lowest BCUT2D eigenvalue weighted by Gasteiger charge is -2.30. The van der Waals surface area contributed by atoms with E-state index < -0.39 is 17.4 Å². The Kier molecular flexibility index (Phi) is 5.82. The molecule has 0 bridgehead atoms. The fourth-order valence-corrected chi connectivity index (χ4v) is 0.913. The largest absolute Gasteiger partial charge is 0.462 e. The van der Waals surface area contributed by atoms with Crippen molar-refractivity contribution in [3.8, 4) is 0 Å². The van der Waals surface area contributed by atoms with E-state index >= 15 is 0 Å². The molecule has 4 heteroatoms. The zero-order valence-corrected chi connectivity index (χ0v) is 11.8. The lowest BCUT2D eigenvalue weighted by atomic mass is 9.88. The van der Waals surface area contributed by atoms with Crippen LogP contribution in [0, 0.1) is 5.41 Å². The number of hydrogen-bond donors (Lipinski definition) is 0. The zero-order valence-electron chi connectivity index (χ0n) is 11.8. The molecule has 0 aromatic rings. The van der Waals surface area contributed by atoms with Gasteiger partial charge in [-0.15, -0.1) is 0 Å². The monoisotopic (exact) mass is 254 g/mol. The predicted molar refractivity (Wildman–Crippen MR) is 69.9 cm³/mol. The van der Waals surface area contributed by atoms with Crippen LogP contribution in [-0.4, -0.2) is 24.6 Å². The van der Waals surface area contributed by atoms with E-state index in [1.807, 2.05) is 13.8 Å². The quantitative estimate of drug-likeness (QED) is 0.540. The molecule has 0 amide bonds. The molecule has 4 nitrogen and oxygen atoms in total. The summed E-state index contributed by atoms with van der Waals surface area (Å²) < 4.78 is 10.3. The fourth-order valence-electron chi connectivity index (χ4n) is 0.913. The van der Waals surface area contributed by atoms with Crippen LogP contribution in [0.4, 0.5) is 0 Å². The van der Waals surface area contributed by atoms with Gasteiger partial charge >= 0.3 is 11.9 Å². The van der Waals surface area contributed by atoms with Gasteiger partial charge in [-0.2, -0.15) is 0 Å². The van der Waals surface area contributed by atoms with Crippen LogP contribution in [0.2, 0.25) is 0 Å². The van der Waals surface area contributed by atoms with E-state index in [4.69, 9.17) is 9.47 Å². The van der Waals surface area contributed by atoms with E-state index in [0.29, 0.717) is 11.1 Å². The van der Waals surface area contributed by atoms with Crippen molar-refractivity contribution < 1.29 is 19.1 Å². The van der Waals surface area contributed by atoms with Crippen LogP contribution in [0.15, 0.2) is 24.3 Å². The lowest BCUT2D eigenvalue weighted by Crippen LogP contribution is -2.36. The van der Waals surface area contributed by atoms with E-state index in [1.54, 1.807) is 20.8 Å². The molecule has 0 aliphatic rings. The predicted octanol–water partition coefficient (Wildman–Crippen LogP) is 2.64. The topological polar surface area (TPSA) is 52.6 Å². The SMILES string of the molecule is C=C(C)C(=O)OCC(C)(C)C(C)OC(=O)C(=C)C. The van der Waals surface area contributed by atoms with Crippen LogP contribution in [-0.2, 0) is 19.1 Å². The molecule has 0 heterocycles. The maximum absolute atomic E-state index is 11.4. The number of rotatable bonds is 6. The molecule has 0 radical (unpaired) electrons. The molecule has 1 unspecified atom stereocenters. The molecular formula is C14H22O4. The van der Waals surface area contributed by atoms with Crippen LogP contribution >= 0.6 is 0 Å². The molecule has 0 aliphatic heterocycles. The first-order chi connectivity index (χ1) is 8.08. The first-order valence-electron chi connectivity index (χ1n) is 5.77. The molecule has 0 saturated carbocycles. The van der Waals surface area contributed by atoms with Crippen LogP contribution in [0.25, 0.3) is 0 Å². The van der Waals surface area contributed by atoms with Gasteiger partial charge in [-0.3, -0.25) is 0 Å². The first-order valence-corrected chi connectivity index (χ1v) is 5.77. The van der Waals surface area contributed by atoms with Crippen molar-refractivity contribution >= 4 is 11.9 Å². The molecule has 18 heavy (non-hydrogen) atoms. The Labute approximate surface area is 109 Å². The maximum atomic E-state index is 11.4. The van der Waals surface area contributed by atoms with Crippen molar-refractivity contribution in [3.63, 3.8) is 0 Å². The van der Waals surface area contributed by atoms with Gasteiger partial charge in [0.25, 0.3) is 0 Å². The van der Waals surface area contributed by atoms with Gasteiger partial charge in [0.2, 0.25) is 0 Å². The third-order valence-corrected chi connectivity index (χ3v) is 2.66. The fraction of sp³-hybridized carbons (Fsp3) is 0.571. The maximum Gasteiger partial charge on any atom is 0.333 e. The zero-order chi connectivity index (χ0) is 14.5. The van der Waals surface area contributed by atoms with E-state index in [1.165, 1.54) is 0 Å². The molecular weight excluding hydrogens is 232 g/mol. The minimum Gasteiger partial charge on any atom is -0.462 e. The summed E-state index contributed by atoms with van der Waals surface area (Å²) in [6.07, 6.45) is -0.389. The van der Waals surface area contributed by atoms with Crippen molar-refractivity contribution in [3.05, 3.63) is 24.3 Å². The van der Waals surface area contributed by atoms with Crippen molar-refractivity contribution in [1.82, 2.24) is 0 Å². The molecule has 102 valence electrons. The third-order valence-electron chi connectivity index (χ3n) is 2.66. The summed E-state index contributed by atoms with van der Waals surface area (Å²) in [7, 11) is 0. The highest BCUT2D eigenvalue weighted by molar-refractivity contribution is 5.87. The van der Waals surface area contributed by atoms with Crippen LogP contribution < -0.4 is 0 Å². The Morgan fingerprint density at radius 1 is 1.11 bits per heavy atom. The second-order valence-corrected chi connectivity index (χ2v) is 5.17. The summed E-state index contributed by atoms with van der Waals surface area (Å²) in [5, 5.41) is 0. The van der Waals surface area contributed by atoms with Gasteiger partial charge in [0.1, 0.15) is 12.7 Å². The summed E-state index contributed by atoms with van der Waals surface area (Å²) in [5.41, 5.74) is 0.213. The Balaban J connectivity index is 4.44. The van der Waals surface area contributed by atoms with E-state index in [0.717, 1.165) is 0 Å². The second-order valence-electron chi connectivity index (χ2n) is 5.17. The average molecular weight is 254 g/mol. The molecule has 0 aromatic carbocycles. The Hall–Kier alpha value is -1.58. The summed E-state index contributed by atoms with van der Waals surface area (Å²) in [4.78, 5) is 22.7. The van der Waals surface area contributed by atoms with Crippen LogP contribution in [0.1, 0.15) is 34.6 Å². The highest BCUT2D eigenvalue weighted by Gasteiger charge is 2.31. The molecule has 0 aliphatic carbocycles. The van der Waals surface area contributed by atoms with Gasteiger partial charge in [0, 0.05) is 16.6 Å². The van der Waals surface area contributed by atoms with E-state index in [2.05, 4.69) is 13.2 Å². The number of carbonyl (C=O) groups is 2. The summed E-state index contributed by atoms with van der Waals surface area (Å²) in [5.74, 6) is -0.886. The number of ether oxygens (including phenoxy) is 2. The molecule has 0 fully saturated rings. The van der Waals surface area contributed by atoms with Crippen molar-refractivity contribution in [2.75, 3.05) is 6.61 Å². The lowest BCUT2D eigenvalue weighted by molar-refractivity contribution is -0.155. The normalized spacial score (nSPS) is 12.5. The molecule has 1 atom stereocenters. The number of hydrogen-bond acceptors (Lipinski definition) is 4. The smallest absolute Gasteiger partial charge is 0.333 e. The van der Waals surface area contributed by atoms with Gasteiger partial charge in [-0.25, -0.2) is 9.59 Å². The number of carbonyl (C=O) groups excluding carboxylic acids is 2. The second kappa shape index (κ2) is 6.38. The van der Waals surface area contributed by atoms with Crippen molar-refractivity contribution in [1.29, 1.82) is 0 Å². The molecule has 0 spiro atoms. The third kappa shape index (κ3) is 5.17. The highest BCUT2D eigenvalue weighted by atomic mass is 16.6. The minimum absolute atomic E-state index is 0.156. The molecule has 0 saturated heterocycles. The summed E-state index contributed by atoms with van der Waals surface area (Å²) in [6.45, 7) is 15.8. The summed E-state index contributed by atoms with van der Waals surface area (Å²) in [6, 6.07) is 0. The Morgan fingerprint density at radius 2 is 1.56 bits per heavy atom. The molecule has 0 aromatic heterocycles. The standard InChI is InChI=1S/C14H22O4/c1-9(2)12(15)17-8-14(6,7)11(5)18-13(16)10(3)4/h11H,1,3,8H2,2,4-7H3. The van der Waals surface area contributed by atoms with Crippen molar-refractivity contribution in [2.45, 2.75) is 40.7 Å². The van der Waals surface area contributed by atoms with Gasteiger partial charge in [-0.1, -0.05) is 27.0 Å². The van der Waals surface area contributed by atoms with Gasteiger partial charge in [0.05, 0.1) is 0 Å². The van der Waals surface area contributed by atoms with Gasteiger partial charge in [0.15, 0.2) is 0 Å². The molecule has 0 rings (SSSR count). The van der Waals surface area contributed by atoms with Gasteiger partial charge in [-0.05, 0) is 20.8 Å². The van der Waals surface area contributed by atoms with E-state index in [9.17, 15) is 9.59 Å². The van der Waals surface area contributed by atoms with Crippen LogP contribution in [0.3, 0.4) is 0 Å². The Bertz CT molecular complexity index is 366. The molecule has 0 N–H and O–H groups in total. The first kappa shape index (κ1) is 16.4. The van der Waals surface area contributed by atoms with E-state index in [-0.39, 0.29) is 12.7 Å². The number of esters is 2. The van der Waals surface area contributed by atoms with Crippen molar-refractivity contribution in [2.24, 2.45) is 5.41 Å². The summed E-state index contributed by atoms with van der Waals surface area (Å²) >= 11 is 0.